The molecule has 0 bridgehead atoms. The summed E-state index contributed by atoms with van der Waals surface area (Å²) in [6.45, 7) is 10.3. The lowest BCUT2D eigenvalue weighted by atomic mass is 10.2. The molecule has 3 rings (SSSR count). The molecule has 3 heterocycles. The summed E-state index contributed by atoms with van der Waals surface area (Å²) in [7, 11) is 0. The zero-order chi connectivity index (χ0) is 18.2. The standard InChI is InChI=1S/C18H29N7O/c1-3-19-18(21-14-15(2)24-10-12-26-13-11-24)20-8-7-17-23-22-16-6-4-5-9-25(16)17/h4-6,9,15H,3,7-8,10-14H2,1-2H3,(H2,19,20,21). The predicted molar refractivity (Wildman–Crippen MR) is 103 cm³/mol. The summed E-state index contributed by atoms with van der Waals surface area (Å²) in [5.74, 6) is 1.80. The van der Waals surface area contributed by atoms with Crippen LogP contribution >= 0.6 is 0 Å². The van der Waals surface area contributed by atoms with E-state index < -0.39 is 0 Å². The summed E-state index contributed by atoms with van der Waals surface area (Å²) in [6.07, 6.45) is 2.78. The van der Waals surface area contributed by atoms with Gasteiger partial charge in [-0.15, -0.1) is 10.2 Å². The highest BCUT2D eigenvalue weighted by atomic mass is 16.5. The minimum Gasteiger partial charge on any atom is -0.379 e. The largest absolute Gasteiger partial charge is 0.379 e. The minimum atomic E-state index is 0.412. The lowest BCUT2D eigenvalue weighted by Crippen LogP contribution is -2.44. The zero-order valence-electron chi connectivity index (χ0n) is 15.7. The van der Waals surface area contributed by atoms with E-state index in [1.807, 2.05) is 28.8 Å². The van der Waals surface area contributed by atoms with Gasteiger partial charge >= 0.3 is 0 Å². The predicted octanol–water partition coefficient (Wildman–Crippen LogP) is 0.548. The van der Waals surface area contributed by atoms with Gasteiger partial charge in [-0.3, -0.25) is 14.3 Å². The SMILES string of the molecule is CCNC(=NCC(C)N1CCOCC1)NCCc1nnc2ccccn12. The maximum absolute atomic E-state index is 5.42. The van der Waals surface area contributed by atoms with Gasteiger partial charge in [-0.2, -0.15) is 0 Å². The Hall–Kier alpha value is -2.19. The number of fused-ring (bicyclic) bond motifs is 1. The van der Waals surface area contributed by atoms with Crippen LogP contribution in [0.5, 0.6) is 0 Å². The molecule has 0 aliphatic carbocycles. The molecule has 8 nitrogen and oxygen atoms in total. The van der Waals surface area contributed by atoms with Crippen LogP contribution < -0.4 is 10.6 Å². The van der Waals surface area contributed by atoms with Crippen molar-refractivity contribution >= 4 is 11.6 Å². The number of rotatable bonds is 7. The fourth-order valence-corrected chi connectivity index (χ4v) is 3.05. The van der Waals surface area contributed by atoms with E-state index in [0.29, 0.717) is 6.04 Å². The smallest absolute Gasteiger partial charge is 0.191 e. The second kappa shape index (κ2) is 9.49. The van der Waals surface area contributed by atoms with Crippen molar-refractivity contribution in [2.45, 2.75) is 26.3 Å². The number of hydrogen-bond donors (Lipinski definition) is 2. The molecule has 1 aliphatic rings. The molecule has 0 spiro atoms. The maximum Gasteiger partial charge on any atom is 0.191 e. The normalized spacial score (nSPS) is 17.4. The summed E-state index contributed by atoms with van der Waals surface area (Å²) >= 11 is 0. The van der Waals surface area contributed by atoms with E-state index >= 15 is 0 Å². The molecule has 1 unspecified atom stereocenters. The van der Waals surface area contributed by atoms with Crippen LogP contribution in [0.2, 0.25) is 0 Å². The van der Waals surface area contributed by atoms with E-state index in [2.05, 4.69) is 39.6 Å². The molecule has 2 N–H and O–H groups in total. The van der Waals surface area contributed by atoms with Crippen LogP contribution in [-0.4, -0.2) is 77.4 Å². The second-order valence-corrected chi connectivity index (χ2v) is 6.44. The molecular weight excluding hydrogens is 330 g/mol. The van der Waals surface area contributed by atoms with Gasteiger partial charge in [0.25, 0.3) is 0 Å². The Balaban J connectivity index is 1.51. The van der Waals surface area contributed by atoms with Gasteiger partial charge in [0.1, 0.15) is 5.82 Å². The van der Waals surface area contributed by atoms with Crippen molar-refractivity contribution in [3.05, 3.63) is 30.2 Å². The van der Waals surface area contributed by atoms with E-state index in [-0.39, 0.29) is 0 Å². The molecule has 1 atom stereocenters. The lowest BCUT2D eigenvalue weighted by molar-refractivity contribution is 0.0220. The minimum absolute atomic E-state index is 0.412. The number of hydrogen-bond acceptors (Lipinski definition) is 5. The fourth-order valence-electron chi connectivity index (χ4n) is 3.05. The van der Waals surface area contributed by atoms with Crippen LogP contribution in [0.25, 0.3) is 5.65 Å². The lowest BCUT2D eigenvalue weighted by Gasteiger charge is -2.31. The summed E-state index contributed by atoms with van der Waals surface area (Å²) < 4.78 is 7.44. The van der Waals surface area contributed by atoms with Crippen LogP contribution in [0.3, 0.4) is 0 Å². The van der Waals surface area contributed by atoms with Gasteiger partial charge in [0.15, 0.2) is 11.6 Å². The highest BCUT2D eigenvalue weighted by Gasteiger charge is 2.16. The first-order valence-corrected chi connectivity index (χ1v) is 9.40. The second-order valence-electron chi connectivity index (χ2n) is 6.44. The van der Waals surface area contributed by atoms with Gasteiger partial charge in [-0.05, 0) is 26.0 Å². The number of pyridine rings is 1. The van der Waals surface area contributed by atoms with E-state index in [0.717, 1.165) is 69.8 Å². The van der Waals surface area contributed by atoms with E-state index in [1.54, 1.807) is 0 Å². The molecule has 0 radical (unpaired) electrons. The van der Waals surface area contributed by atoms with Crippen molar-refractivity contribution in [1.82, 2.24) is 30.1 Å². The fraction of sp³-hybridized carbons (Fsp3) is 0.611. The first-order chi connectivity index (χ1) is 12.8. The van der Waals surface area contributed by atoms with Crippen LogP contribution in [0, 0.1) is 0 Å². The summed E-state index contributed by atoms with van der Waals surface area (Å²) in [6, 6.07) is 6.33. The Morgan fingerprint density at radius 1 is 1.27 bits per heavy atom. The van der Waals surface area contributed by atoms with E-state index in [1.165, 1.54) is 0 Å². The van der Waals surface area contributed by atoms with Gasteiger partial charge in [-0.1, -0.05) is 6.07 Å². The Kier molecular flexibility index (Phi) is 6.79. The Morgan fingerprint density at radius 3 is 2.92 bits per heavy atom. The van der Waals surface area contributed by atoms with Crippen LogP contribution in [-0.2, 0) is 11.2 Å². The summed E-state index contributed by atoms with van der Waals surface area (Å²) in [4.78, 5) is 7.17. The van der Waals surface area contributed by atoms with Crippen molar-refractivity contribution < 1.29 is 4.74 Å². The van der Waals surface area contributed by atoms with Gasteiger partial charge in [0.2, 0.25) is 0 Å². The molecule has 8 heteroatoms. The molecule has 1 saturated heterocycles. The van der Waals surface area contributed by atoms with Crippen molar-refractivity contribution in [2.24, 2.45) is 4.99 Å². The number of aromatic nitrogens is 3. The van der Waals surface area contributed by atoms with E-state index in [4.69, 9.17) is 9.73 Å². The van der Waals surface area contributed by atoms with Crippen molar-refractivity contribution in [3.63, 3.8) is 0 Å². The molecule has 2 aromatic heterocycles. The molecule has 142 valence electrons. The average molecular weight is 359 g/mol. The van der Waals surface area contributed by atoms with Crippen molar-refractivity contribution in [2.75, 3.05) is 45.9 Å². The molecular formula is C18H29N7O. The topological polar surface area (TPSA) is 79.1 Å². The van der Waals surface area contributed by atoms with E-state index in [9.17, 15) is 0 Å². The number of nitrogens with one attached hydrogen (secondary N) is 2. The Labute approximate surface area is 154 Å². The van der Waals surface area contributed by atoms with Crippen LogP contribution in [0.1, 0.15) is 19.7 Å². The highest BCUT2D eigenvalue weighted by Crippen LogP contribution is 2.04. The molecule has 0 amide bonds. The highest BCUT2D eigenvalue weighted by molar-refractivity contribution is 5.79. The number of ether oxygens (including phenoxy) is 1. The third kappa shape index (κ3) is 4.92. The molecule has 1 fully saturated rings. The first kappa shape index (κ1) is 18.6. The number of guanidine groups is 1. The van der Waals surface area contributed by atoms with Gasteiger partial charge in [-0.25, -0.2) is 0 Å². The monoisotopic (exact) mass is 359 g/mol. The molecule has 0 aromatic carbocycles. The van der Waals surface area contributed by atoms with Gasteiger partial charge < -0.3 is 15.4 Å². The molecule has 26 heavy (non-hydrogen) atoms. The first-order valence-electron chi connectivity index (χ1n) is 9.40. The van der Waals surface area contributed by atoms with Crippen LogP contribution in [0.15, 0.2) is 29.4 Å². The van der Waals surface area contributed by atoms with Crippen molar-refractivity contribution in [3.8, 4) is 0 Å². The van der Waals surface area contributed by atoms with Crippen LogP contribution in [0.4, 0.5) is 0 Å². The van der Waals surface area contributed by atoms with Crippen molar-refractivity contribution in [1.29, 1.82) is 0 Å². The summed E-state index contributed by atoms with van der Waals surface area (Å²) in [5.41, 5.74) is 0.877. The third-order valence-corrected chi connectivity index (χ3v) is 4.55. The third-order valence-electron chi connectivity index (χ3n) is 4.55. The maximum atomic E-state index is 5.42. The quantitative estimate of drug-likeness (QED) is 0.555. The molecule has 2 aromatic rings. The molecule has 1 aliphatic heterocycles. The summed E-state index contributed by atoms with van der Waals surface area (Å²) in [5, 5.41) is 15.2. The Morgan fingerprint density at radius 2 is 2.12 bits per heavy atom. The molecule has 0 saturated carbocycles. The number of nitrogens with zero attached hydrogens (tertiary/aromatic N) is 5. The van der Waals surface area contributed by atoms with Gasteiger partial charge in [0.05, 0.1) is 19.8 Å². The number of morpholine rings is 1. The average Bonchev–Trinajstić information content (AvgIpc) is 3.10. The van der Waals surface area contributed by atoms with Gasteiger partial charge in [0, 0.05) is 44.8 Å². The Bertz CT molecular complexity index is 708. The number of aliphatic imine (C=N–C) groups is 1. The zero-order valence-corrected chi connectivity index (χ0v) is 15.7.